The van der Waals surface area contributed by atoms with Crippen LogP contribution in [0, 0.1) is 0 Å². The van der Waals surface area contributed by atoms with E-state index in [4.69, 9.17) is 21.5 Å². The Hall–Kier alpha value is -0.820. The summed E-state index contributed by atoms with van der Waals surface area (Å²) in [7, 11) is -3.67. The molecule has 0 aliphatic carbocycles. The van der Waals surface area contributed by atoms with Crippen molar-refractivity contribution >= 4 is 21.8 Å². The first-order valence-electron chi connectivity index (χ1n) is 4.56. The van der Waals surface area contributed by atoms with Crippen LogP contribution in [-0.2, 0) is 10.2 Å². The maximum atomic E-state index is 10.6. The molecule has 0 heterocycles. The molecule has 0 aromatic heterocycles. The van der Waals surface area contributed by atoms with Crippen molar-refractivity contribution in [1.82, 2.24) is 4.72 Å². The highest BCUT2D eigenvalue weighted by atomic mass is 35.5. The summed E-state index contributed by atoms with van der Waals surface area (Å²) in [5, 5.41) is 5.40. The fraction of sp³-hybridized carbons (Fsp3) is 0.333. The molecule has 0 aliphatic rings. The SMILES string of the molecule is C[C@@H](CNS(N)(=O)=O)Oc1ccc(Cl)cc1. The maximum Gasteiger partial charge on any atom is 0.274 e. The molecule has 5 nitrogen and oxygen atoms in total. The zero-order valence-electron chi connectivity index (χ0n) is 8.68. The molecular weight excluding hydrogens is 252 g/mol. The fourth-order valence-corrected chi connectivity index (χ4v) is 1.61. The molecule has 0 bridgehead atoms. The van der Waals surface area contributed by atoms with Gasteiger partial charge in [0.1, 0.15) is 11.9 Å². The quantitative estimate of drug-likeness (QED) is 0.829. The second-order valence-electron chi connectivity index (χ2n) is 3.28. The molecular formula is C9H13ClN2O3S. The van der Waals surface area contributed by atoms with Gasteiger partial charge in [-0.25, -0.2) is 5.14 Å². The lowest BCUT2D eigenvalue weighted by Gasteiger charge is -2.14. The number of nitrogens with two attached hydrogens (primary N) is 1. The molecule has 1 aromatic carbocycles. The van der Waals surface area contributed by atoms with Crippen molar-refractivity contribution in [2.45, 2.75) is 13.0 Å². The van der Waals surface area contributed by atoms with Gasteiger partial charge in [0.2, 0.25) is 0 Å². The van der Waals surface area contributed by atoms with Gasteiger partial charge in [-0.1, -0.05) is 11.6 Å². The molecule has 7 heteroatoms. The Morgan fingerprint density at radius 2 is 2.00 bits per heavy atom. The van der Waals surface area contributed by atoms with Crippen LogP contribution < -0.4 is 14.6 Å². The summed E-state index contributed by atoms with van der Waals surface area (Å²) < 4.78 is 28.8. The van der Waals surface area contributed by atoms with Crippen LogP contribution >= 0.6 is 11.6 Å². The molecule has 0 aliphatic heterocycles. The van der Waals surface area contributed by atoms with Gasteiger partial charge in [0.05, 0.1) is 0 Å². The standard InChI is InChI=1S/C9H13ClN2O3S/c1-7(6-12-16(11,13)14)15-9-4-2-8(10)3-5-9/h2-5,7,12H,6H2,1H3,(H2,11,13,14)/t7-/m0/s1. The van der Waals surface area contributed by atoms with Crippen molar-refractivity contribution in [3.63, 3.8) is 0 Å². The molecule has 0 spiro atoms. The van der Waals surface area contributed by atoms with Crippen LogP contribution in [-0.4, -0.2) is 21.1 Å². The number of hydrogen-bond donors (Lipinski definition) is 2. The Morgan fingerprint density at radius 1 is 1.44 bits per heavy atom. The highest BCUT2D eigenvalue weighted by molar-refractivity contribution is 7.87. The fourth-order valence-electron chi connectivity index (χ4n) is 1.02. The number of halogens is 1. The van der Waals surface area contributed by atoms with E-state index in [9.17, 15) is 8.42 Å². The normalized spacial score (nSPS) is 13.4. The van der Waals surface area contributed by atoms with Crippen LogP contribution in [0.3, 0.4) is 0 Å². The predicted octanol–water partition coefficient (Wildman–Crippen LogP) is 0.900. The van der Waals surface area contributed by atoms with E-state index in [1.165, 1.54) is 0 Å². The van der Waals surface area contributed by atoms with Crippen LogP contribution in [0.5, 0.6) is 5.75 Å². The maximum absolute atomic E-state index is 10.6. The largest absolute Gasteiger partial charge is 0.489 e. The first-order valence-corrected chi connectivity index (χ1v) is 6.49. The van der Waals surface area contributed by atoms with Gasteiger partial charge < -0.3 is 4.74 Å². The van der Waals surface area contributed by atoms with Gasteiger partial charge in [0.25, 0.3) is 10.2 Å². The lowest BCUT2D eigenvalue weighted by molar-refractivity contribution is 0.225. The van der Waals surface area contributed by atoms with Crippen molar-refractivity contribution in [2.75, 3.05) is 6.54 Å². The van der Waals surface area contributed by atoms with Crippen molar-refractivity contribution in [3.05, 3.63) is 29.3 Å². The van der Waals surface area contributed by atoms with E-state index in [-0.39, 0.29) is 12.6 Å². The van der Waals surface area contributed by atoms with Crippen LogP contribution in [0.4, 0.5) is 0 Å². The molecule has 3 N–H and O–H groups in total. The van der Waals surface area contributed by atoms with Gasteiger partial charge in [-0.3, -0.25) is 0 Å². The van der Waals surface area contributed by atoms with Crippen molar-refractivity contribution in [2.24, 2.45) is 5.14 Å². The van der Waals surface area contributed by atoms with Gasteiger partial charge in [0.15, 0.2) is 0 Å². The molecule has 0 unspecified atom stereocenters. The number of benzene rings is 1. The number of nitrogens with one attached hydrogen (secondary N) is 1. The van der Waals surface area contributed by atoms with Gasteiger partial charge in [-0.05, 0) is 31.2 Å². The zero-order valence-corrected chi connectivity index (χ0v) is 10.3. The Bertz CT molecular complexity index is 433. The summed E-state index contributed by atoms with van der Waals surface area (Å²) >= 11 is 5.71. The summed E-state index contributed by atoms with van der Waals surface area (Å²) in [4.78, 5) is 0. The molecule has 16 heavy (non-hydrogen) atoms. The monoisotopic (exact) mass is 264 g/mol. The van der Waals surface area contributed by atoms with Crippen LogP contribution in [0.25, 0.3) is 0 Å². The second kappa shape index (κ2) is 5.49. The first kappa shape index (κ1) is 13.2. The van der Waals surface area contributed by atoms with Crippen molar-refractivity contribution in [1.29, 1.82) is 0 Å². The number of ether oxygens (including phenoxy) is 1. The summed E-state index contributed by atoms with van der Waals surface area (Å²) in [6, 6.07) is 6.79. The number of hydrogen-bond acceptors (Lipinski definition) is 3. The highest BCUT2D eigenvalue weighted by Gasteiger charge is 2.07. The number of rotatable bonds is 5. The molecule has 0 saturated heterocycles. The van der Waals surface area contributed by atoms with Crippen LogP contribution in [0.1, 0.15) is 6.92 Å². The average Bonchev–Trinajstić information content (AvgIpc) is 2.18. The average molecular weight is 265 g/mol. The summed E-state index contributed by atoms with van der Waals surface area (Å²) in [6.07, 6.45) is -0.320. The Labute approximate surface area is 99.7 Å². The second-order valence-corrected chi connectivity index (χ2v) is 5.09. The summed E-state index contributed by atoms with van der Waals surface area (Å²) in [6.45, 7) is 1.84. The van der Waals surface area contributed by atoms with Crippen LogP contribution in [0.2, 0.25) is 5.02 Å². The van der Waals surface area contributed by atoms with E-state index in [1.807, 2.05) is 0 Å². The van der Waals surface area contributed by atoms with E-state index < -0.39 is 10.2 Å². The van der Waals surface area contributed by atoms with E-state index >= 15 is 0 Å². The van der Waals surface area contributed by atoms with Gasteiger partial charge in [-0.2, -0.15) is 13.1 Å². The Kier molecular flexibility index (Phi) is 4.55. The van der Waals surface area contributed by atoms with Crippen molar-refractivity contribution < 1.29 is 13.2 Å². The minimum atomic E-state index is -3.67. The molecule has 1 aromatic rings. The van der Waals surface area contributed by atoms with Gasteiger partial charge in [-0.15, -0.1) is 0 Å². The predicted molar refractivity (Wildman–Crippen MR) is 62.7 cm³/mol. The van der Waals surface area contributed by atoms with Gasteiger partial charge in [0, 0.05) is 11.6 Å². The lowest BCUT2D eigenvalue weighted by atomic mass is 10.3. The zero-order chi connectivity index (χ0) is 12.2. The first-order chi connectivity index (χ1) is 7.37. The highest BCUT2D eigenvalue weighted by Crippen LogP contribution is 2.16. The molecule has 1 rings (SSSR count). The minimum Gasteiger partial charge on any atom is -0.489 e. The topological polar surface area (TPSA) is 81.4 Å². The lowest BCUT2D eigenvalue weighted by Crippen LogP contribution is -2.37. The summed E-state index contributed by atoms with van der Waals surface area (Å²) in [5.74, 6) is 0.619. The molecule has 0 radical (unpaired) electrons. The molecule has 90 valence electrons. The smallest absolute Gasteiger partial charge is 0.274 e. The molecule has 0 amide bonds. The molecule has 0 fully saturated rings. The van der Waals surface area contributed by atoms with Crippen molar-refractivity contribution in [3.8, 4) is 5.75 Å². The minimum absolute atomic E-state index is 0.113. The van der Waals surface area contributed by atoms with E-state index in [2.05, 4.69) is 4.72 Å². The third kappa shape index (κ3) is 5.32. The summed E-state index contributed by atoms with van der Waals surface area (Å²) in [5.41, 5.74) is 0. The Morgan fingerprint density at radius 3 is 2.50 bits per heavy atom. The molecule has 1 atom stereocenters. The molecule has 0 saturated carbocycles. The van der Waals surface area contributed by atoms with E-state index in [0.717, 1.165) is 0 Å². The van der Waals surface area contributed by atoms with E-state index in [0.29, 0.717) is 10.8 Å². The van der Waals surface area contributed by atoms with Crippen LogP contribution in [0.15, 0.2) is 24.3 Å². The Balaban J connectivity index is 2.45. The van der Waals surface area contributed by atoms with Gasteiger partial charge >= 0.3 is 0 Å². The third-order valence-corrected chi connectivity index (χ3v) is 2.54. The third-order valence-electron chi connectivity index (χ3n) is 1.72. The van der Waals surface area contributed by atoms with E-state index in [1.54, 1.807) is 31.2 Å².